The largest absolute Gasteiger partial charge is 0.369 e. The number of halogens is 1. The van der Waals surface area contributed by atoms with E-state index in [0.717, 1.165) is 9.86 Å². The molecule has 0 fully saturated rings. The maximum atomic E-state index is 13.1. The molecule has 0 unspecified atom stereocenters. The Morgan fingerprint density at radius 1 is 1.04 bits per heavy atom. The third-order valence-electron chi connectivity index (χ3n) is 3.75. The van der Waals surface area contributed by atoms with Crippen LogP contribution in [0, 0.1) is 0 Å². The number of nitrogens with zero attached hydrogens (tertiary/aromatic N) is 3. The van der Waals surface area contributed by atoms with E-state index in [1.807, 2.05) is 12.1 Å². The first-order valence-corrected chi connectivity index (χ1v) is 9.79. The van der Waals surface area contributed by atoms with Crippen molar-refractivity contribution >= 4 is 48.5 Å². The van der Waals surface area contributed by atoms with Gasteiger partial charge in [-0.2, -0.15) is 5.10 Å². The second-order valence-electron chi connectivity index (χ2n) is 5.52. The molecule has 134 valence electrons. The highest BCUT2D eigenvalue weighted by atomic mass is 79.9. The molecule has 2 aromatic carbocycles. The molecule has 4 N–H and O–H groups in total. The van der Waals surface area contributed by atoms with Crippen LogP contribution < -0.4 is 11.5 Å². The van der Waals surface area contributed by atoms with E-state index in [-0.39, 0.29) is 10.9 Å². The number of nitrogens with two attached hydrogens (primary N) is 2. The third kappa shape index (κ3) is 3.35. The van der Waals surface area contributed by atoms with Gasteiger partial charge in [-0.05, 0) is 37.3 Å². The molecule has 0 radical (unpaired) electrons. The highest BCUT2D eigenvalue weighted by Gasteiger charge is 2.21. The Morgan fingerprint density at radius 2 is 1.69 bits per heavy atom. The quantitative estimate of drug-likeness (QED) is 0.373. The van der Waals surface area contributed by atoms with Gasteiger partial charge in [0.05, 0.1) is 16.1 Å². The molecule has 0 spiro atoms. The lowest BCUT2D eigenvalue weighted by atomic mass is 10.1. The van der Waals surface area contributed by atoms with Crippen LogP contribution in [0.2, 0.25) is 0 Å². The van der Waals surface area contributed by atoms with E-state index in [1.54, 1.807) is 43.3 Å². The minimum atomic E-state index is -3.77. The monoisotopic (exact) mass is 433 g/mol. The molecule has 0 amide bonds. The average molecular weight is 434 g/mol. The summed E-state index contributed by atoms with van der Waals surface area (Å²) in [4.78, 5) is 0.187. The second-order valence-corrected chi connectivity index (χ2v) is 8.26. The van der Waals surface area contributed by atoms with Crippen molar-refractivity contribution in [3.05, 3.63) is 64.8 Å². The molecule has 0 saturated heterocycles. The summed E-state index contributed by atoms with van der Waals surface area (Å²) in [7, 11) is -3.77. The van der Waals surface area contributed by atoms with Gasteiger partial charge in [0, 0.05) is 21.6 Å². The molecule has 9 heteroatoms. The Morgan fingerprint density at radius 3 is 2.35 bits per heavy atom. The van der Waals surface area contributed by atoms with Gasteiger partial charge in [0.2, 0.25) is 5.96 Å². The summed E-state index contributed by atoms with van der Waals surface area (Å²) in [6.07, 6.45) is 1.53. The third-order valence-corrected chi connectivity index (χ3v) is 5.97. The average Bonchev–Trinajstić information content (AvgIpc) is 3.00. The number of aromatic nitrogens is 1. The van der Waals surface area contributed by atoms with Gasteiger partial charge in [0.1, 0.15) is 0 Å². The Bertz CT molecular complexity index is 1130. The Hall–Kier alpha value is -2.65. The van der Waals surface area contributed by atoms with Gasteiger partial charge in [-0.1, -0.05) is 34.1 Å². The SMILES string of the molecule is C/C(=N/N=C(N)N)c1cn(S(=O)(=O)c2ccc(Br)cc2)c2ccccc12. The summed E-state index contributed by atoms with van der Waals surface area (Å²) < 4.78 is 28.2. The molecule has 1 heterocycles. The highest BCUT2D eigenvalue weighted by Crippen LogP contribution is 2.27. The summed E-state index contributed by atoms with van der Waals surface area (Å²) in [5.74, 6) is -0.171. The van der Waals surface area contributed by atoms with Gasteiger partial charge in [-0.15, -0.1) is 5.10 Å². The molecule has 0 aliphatic carbocycles. The van der Waals surface area contributed by atoms with Crippen molar-refractivity contribution in [3.8, 4) is 0 Å². The zero-order valence-electron chi connectivity index (χ0n) is 13.8. The lowest BCUT2D eigenvalue weighted by Gasteiger charge is -2.07. The second kappa shape index (κ2) is 6.93. The molecule has 0 saturated carbocycles. The van der Waals surface area contributed by atoms with E-state index in [0.29, 0.717) is 16.8 Å². The number of guanidine groups is 1. The predicted octanol–water partition coefficient (Wildman–Crippen LogP) is 2.64. The van der Waals surface area contributed by atoms with Crippen molar-refractivity contribution in [2.75, 3.05) is 0 Å². The van der Waals surface area contributed by atoms with E-state index < -0.39 is 10.0 Å². The topological polar surface area (TPSA) is 116 Å². The fourth-order valence-electron chi connectivity index (χ4n) is 2.54. The number of para-hydroxylation sites is 1. The van der Waals surface area contributed by atoms with Gasteiger partial charge in [0.15, 0.2) is 0 Å². The van der Waals surface area contributed by atoms with E-state index in [4.69, 9.17) is 11.5 Å². The van der Waals surface area contributed by atoms with Crippen LogP contribution in [0.5, 0.6) is 0 Å². The van der Waals surface area contributed by atoms with Crippen LogP contribution in [-0.2, 0) is 10.0 Å². The standard InChI is InChI=1S/C17H16BrN5O2S/c1-11(21-22-17(19)20)15-10-23(16-5-3-2-4-14(15)16)26(24,25)13-8-6-12(18)7-9-13/h2-10H,1H3,(H4,19,20,22)/b21-11-. The van der Waals surface area contributed by atoms with Crippen LogP contribution in [0.3, 0.4) is 0 Å². The summed E-state index contributed by atoms with van der Waals surface area (Å²) in [5, 5.41) is 8.34. The summed E-state index contributed by atoms with van der Waals surface area (Å²) in [6, 6.07) is 13.6. The first kappa shape index (κ1) is 18.2. The number of rotatable bonds is 4. The predicted molar refractivity (Wildman–Crippen MR) is 107 cm³/mol. The first-order chi connectivity index (χ1) is 12.3. The summed E-state index contributed by atoms with van der Waals surface area (Å²) in [6.45, 7) is 1.71. The van der Waals surface area contributed by atoms with Gasteiger partial charge >= 0.3 is 0 Å². The maximum Gasteiger partial charge on any atom is 0.268 e. The maximum absolute atomic E-state index is 13.1. The molecule has 3 aromatic rings. The summed E-state index contributed by atoms with van der Waals surface area (Å²) >= 11 is 3.31. The van der Waals surface area contributed by atoms with Crippen molar-refractivity contribution in [2.45, 2.75) is 11.8 Å². The summed E-state index contributed by atoms with van der Waals surface area (Å²) in [5.41, 5.74) is 12.3. The van der Waals surface area contributed by atoms with Gasteiger partial charge in [-0.25, -0.2) is 12.4 Å². The molecular formula is C17H16BrN5O2S. The van der Waals surface area contributed by atoms with Crippen LogP contribution in [0.4, 0.5) is 0 Å². The van der Waals surface area contributed by atoms with Crippen molar-refractivity contribution in [2.24, 2.45) is 21.7 Å². The molecule has 0 aliphatic rings. The molecule has 7 nitrogen and oxygen atoms in total. The number of hydrogen-bond donors (Lipinski definition) is 2. The molecule has 0 bridgehead atoms. The number of hydrogen-bond acceptors (Lipinski definition) is 4. The minimum absolute atomic E-state index is 0.171. The highest BCUT2D eigenvalue weighted by molar-refractivity contribution is 9.10. The van der Waals surface area contributed by atoms with Crippen molar-refractivity contribution in [1.29, 1.82) is 0 Å². The lowest BCUT2D eigenvalue weighted by molar-refractivity contribution is 0.589. The van der Waals surface area contributed by atoms with Crippen molar-refractivity contribution < 1.29 is 8.42 Å². The molecule has 0 aliphatic heterocycles. The van der Waals surface area contributed by atoms with E-state index in [9.17, 15) is 8.42 Å². The smallest absolute Gasteiger partial charge is 0.268 e. The van der Waals surface area contributed by atoms with Gasteiger partial charge < -0.3 is 11.5 Å². The Labute approximate surface area is 159 Å². The number of fused-ring (bicyclic) bond motifs is 1. The molecule has 1 aromatic heterocycles. The van der Waals surface area contributed by atoms with Crippen LogP contribution in [0.25, 0.3) is 10.9 Å². The minimum Gasteiger partial charge on any atom is -0.369 e. The van der Waals surface area contributed by atoms with Crippen molar-refractivity contribution in [3.63, 3.8) is 0 Å². The zero-order chi connectivity index (χ0) is 18.9. The Balaban J connectivity index is 2.23. The van der Waals surface area contributed by atoms with E-state index >= 15 is 0 Å². The molecule has 26 heavy (non-hydrogen) atoms. The lowest BCUT2D eigenvalue weighted by Crippen LogP contribution is -2.22. The van der Waals surface area contributed by atoms with Crippen LogP contribution >= 0.6 is 15.9 Å². The molecule has 0 atom stereocenters. The fourth-order valence-corrected chi connectivity index (χ4v) is 4.18. The van der Waals surface area contributed by atoms with Crippen molar-refractivity contribution in [1.82, 2.24) is 3.97 Å². The number of benzene rings is 2. The zero-order valence-corrected chi connectivity index (χ0v) is 16.2. The van der Waals surface area contributed by atoms with Gasteiger partial charge in [0.25, 0.3) is 10.0 Å². The first-order valence-electron chi connectivity index (χ1n) is 7.55. The Kier molecular flexibility index (Phi) is 4.84. The van der Waals surface area contributed by atoms with Crippen LogP contribution in [0.15, 0.2) is 74.3 Å². The van der Waals surface area contributed by atoms with E-state index in [2.05, 4.69) is 26.1 Å². The molecule has 3 rings (SSSR count). The molecular weight excluding hydrogens is 418 g/mol. The van der Waals surface area contributed by atoms with Gasteiger partial charge in [-0.3, -0.25) is 0 Å². The normalized spacial score (nSPS) is 12.3. The van der Waals surface area contributed by atoms with Crippen LogP contribution in [0.1, 0.15) is 12.5 Å². The van der Waals surface area contributed by atoms with E-state index in [1.165, 1.54) is 10.2 Å². The van der Waals surface area contributed by atoms with Crippen LogP contribution in [-0.4, -0.2) is 24.1 Å². The fraction of sp³-hybridized carbons (Fsp3) is 0.0588.